The van der Waals surface area contributed by atoms with Crippen molar-refractivity contribution in [1.82, 2.24) is 5.32 Å². The number of aliphatic hydroxyl groups excluding tert-OH is 4. The molecule has 0 aliphatic heterocycles. The normalized spacial score (nSPS) is 14.6. The molecule has 0 aromatic heterocycles. The van der Waals surface area contributed by atoms with Crippen LogP contribution in [0.5, 0.6) is 0 Å². The molecule has 0 aromatic carbocycles. The summed E-state index contributed by atoms with van der Waals surface area (Å²) in [7, 11) is 0. The van der Waals surface area contributed by atoms with Gasteiger partial charge in [-0.25, -0.2) is 0 Å². The summed E-state index contributed by atoms with van der Waals surface area (Å²) in [4.78, 5) is 24.0. The number of rotatable bonds is 27. The van der Waals surface area contributed by atoms with E-state index in [1.807, 2.05) is 0 Å². The fourth-order valence-electron chi connectivity index (χ4n) is 4.43. The maximum absolute atomic E-state index is 12.1. The minimum absolute atomic E-state index is 0.227. The number of aliphatic hydroxyl groups is 4. The second-order valence-electron chi connectivity index (χ2n) is 10.7. The zero-order valence-electron chi connectivity index (χ0n) is 24.4. The molecule has 0 aliphatic rings. The number of hydrogen-bond acceptors (Lipinski definition) is 7. The second-order valence-corrected chi connectivity index (χ2v) is 10.7. The Labute approximate surface area is 231 Å². The van der Waals surface area contributed by atoms with Gasteiger partial charge in [0.15, 0.2) is 6.10 Å². The number of carbonyl (C=O) groups is 2. The molecule has 5 N–H and O–H groups in total. The summed E-state index contributed by atoms with van der Waals surface area (Å²) in [6.45, 7) is 4.27. The van der Waals surface area contributed by atoms with Crippen LogP contribution in [0.15, 0.2) is 0 Å². The van der Waals surface area contributed by atoms with Gasteiger partial charge < -0.3 is 30.5 Å². The summed E-state index contributed by atoms with van der Waals surface area (Å²) in [5.74, 6) is -1.29. The molecule has 0 rings (SSSR count). The van der Waals surface area contributed by atoms with E-state index >= 15 is 0 Å². The van der Waals surface area contributed by atoms with Crippen molar-refractivity contribution in [3.05, 3.63) is 0 Å². The maximum Gasteiger partial charge on any atom is 0.305 e. The van der Waals surface area contributed by atoms with E-state index in [1.165, 1.54) is 77.0 Å². The molecule has 1 amide bonds. The smallest absolute Gasteiger partial charge is 0.305 e. The molecule has 4 atom stereocenters. The highest BCUT2D eigenvalue weighted by atomic mass is 16.5. The summed E-state index contributed by atoms with van der Waals surface area (Å²) in [5.41, 5.74) is 0. The third kappa shape index (κ3) is 20.7. The van der Waals surface area contributed by atoms with E-state index in [4.69, 9.17) is 4.74 Å². The quantitative estimate of drug-likeness (QED) is 0.0729. The second kappa shape index (κ2) is 26.0. The SMILES string of the molecule is CCCCCCCCCCCCNC(=O)C(O)C(O)C(O)C(O)COC(=O)CCCCCCCCCCC. The van der Waals surface area contributed by atoms with Crippen molar-refractivity contribution in [3.8, 4) is 0 Å². The molecule has 226 valence electrons. The molecule has 0 spiro atoms. The number of esters is 1. The van der Waals surface area contributed by atoms with Crippen molar-refractivity contribution in [3.63, 3.8) is 0 Å². The summed E-state index contributed by atoms with van der Waals surface area (Å²) in [6.07, 6.45) is 14.9. The first-order valence-electron chi connectivity index (χ1n) is 15.5. The third-order valence-corrected chi connectivity index (χ3v) is 7.07. The van der Waals surface area contributed by atoms with Crippen LogP contribution < -0.4 is 5.32 Å². The van der Waals surface area contributed by atoms with Crippen molar-refractivity contribution in [2.45, 2.75) is 167 Å². The highest BCUT2D eigenvalue weighted by molar-refractivity contribution is 5.81. The van der Waals surface area contributed by atoms with Gasteiger partial charge in [-0.2, -0.15) is 0 Å². The van der Waals surface area contributed by atoms with Crippen molar-refractivity contribution in [1.29, 1.82) is 0 Å². The van der Waals surface area contributed by atoms with Gasteiger partial charge >= 0.3 is 5.97 Å². The van der Waals surface area contributed by atoms with Crippen LogP contribution in [-0.4, -0.2) is 69.9 Å². The fraction of sp³-hybridized carbons (Fsp3) is 0.933. The van der Waals surface area contributed by atoms with E-state index in [9.17, 15) is 30.0 Å². The van der Waals surface area contributed by atoms with Gasteiger partial charge in [-0.3, -0.25) is 9.59 Å². The van der Waals surface area contributed by atoms with Crippen LogP contribution in [0.2, 0.25) is 0 Å². The van der Waals surface area contributed by atoms with Gasteiger partial charge in [0.1, 0.15) is 24.9 Å². The molecular weight excluding hydrogens is 486 g/mol. The average molecular weight is 546 g/mol. The number of ether oxygens (including phenoxy) is 1. The number of carbonyl (C=O) groups excluding carboxylic acids is 2. The van der Waals surface area contributed by atoms with Gasteiger partial charge in [0.05, 0.1) is 0 Å². The molecule has 0 aliphatic carbocycles. The van der Waals surface area contributed by atoms with E-state index in [0.29, 0.717) is 13.0 Å². The van der Waals surface area contributed by atoms with Crippen LogP contribution in [-0.2, 0) is 14.3 Å². The van der Waals surface area contributed by atoms with Crippen molar-refractivity contribution in [2.24, 2.45) is 0 Å². The molecular formula is C30H59NO7. The van der Waals surface area contributed by atoms with E-state index in [2.05, 4.69) is 19.2 Å². The van der Waals surface area contributed by atoms with Gasteiger partial charge in [-0.15, -0.1) is 0 Å². The molecule has 4 unspecified atom stereocenters. The maximum atomic E-state index is 12.1. The van der Waals surface area contributed by atoms with E-state index in [1.54, 1.807) is 0 Å². The van der Waals surface area contributed by atoms with Crippen LogP contribution in [0.4, 0.5) is 0 Å². The fourth-order valence-corrected chi connectivity index (χ4v) is 4.43. The average Bonchev–Trinajstić information content (AvgIpc) is 2.92. The monoisotopic (exact) mass is 545 g/mol. The molecule has 8 nitrogen and oxygen atoms in total. The zero-order valence-corrected chi connectivity index (χ0v) is 24.4. The Balaban J connectivity index is 3.88. The van der Waals surface area contributed by atoms with Crippen molar-refractivity contribution in [2.75, 3.05) is 13.2 Å². The highest BCUT2D eigenvalue weighted by Gasteiger charge is 2.34. The standard InChI is InChI=1S/C30H59NO7/c1-3-5-7-9-11-13-15-17-19-21-23-31-30(37)29(36)28(35)27(34)25(32)24-38-26(33)22-20-18-16-14-12-10-8-6-4-2/h25,27-29,32,34-36H,3-24H2,1-2H3,(H,31,37). The molecule has 0 saturated heterocycles. The van der Waals surface area contributed by atoms with Gasteiger partial charge in [-0.1, -0.05) is 123 Å². The van der Waals surface area contributed by atoms with Crippen LogP contribution in [0.3, 0.4) is 0 Å². The van der Waals surface area contributed by atoms with E-state index < -0.39 is 42.9 Å². The molecule has 0 radical (unpaired) electrons. The van der Waals surface area contributed by atoms with Gasteiger partial charge in [-0.05, 0) is 12.8 Å². The van der Waals surface area contributed by atoms with Crippen LogP contribution in [0, 0.1) is 0 Å². The molecule has 0 saturated carbocycles. The molecule has 0 bridgehead atoms. The minimum Gasteiger partial charge on any atom is -0.463 e. The number of amides is 1. The summed E-state index contributed by atoms with van der Waals surface area (Å²) in [5, 5.41) is 42.8. The Morgan fingerprint density at radius 3 is 1.50 bits per heavy atom. The Morgan fingerprint density at radius 2 is 1.03 bits per heavy atom. The highest BCUT2D eigenvalue weighted by Crippen LogP contribution is 2.12. The predicted molar refractivity (Wildman–Crippen MR) is 152 cm³/mol. The largest absolute Gasteiger partial charge is 0.463 e. The number of hydrogen-bond donors (Lipinski definition) is 5. The Kier molecular flexibility index (Phi) is 25.2. The Bertz CT molecular complexity index is 561. The lowest BCUT2D eigenvalue weighted by atomic mass is 10.0. The molecule has 0 fully saturated rings. The van der Waals surface area contributed by atoms with Crippen LogP contribution in [0.1, 0.15) is 142 Å². The van der Waals surface area contributed by atoms with Gasteiger partial charge in [0, 0.05) is 13.0 Å². The van der Waals surface area contributed by atoms with E-state index in [-0.39, 0.29) is 6.42 Å². The summed E-state index contributed by atoms with van der Waals surface area (Å²) < 4.78 is 4.99. The first kappa shape index (κ1) is 36.8. The number of unbranched alkanes of at least 4 members (excludes halogenated alkanes) is 17. The zero-order chi connectivity index (χ0) is 28.4. The van der Waals surface area contributed by atoms with E-state index in [0.717, 1.165) is 38.5 Å². The Morgan fingerprint density at radius 1 is 0.605 bits per heavy atom. The summed E-state index contributed by atoms with van der Waals surface area (Å²) in [6, 6.07) is 0. The lowest BCUT2D eigenvalue weighted by molar-refractivity contribution is -0.159. The Hall–Kier alpha value is -1.22. The third-order valence-electron chi connectivity index (χ3n) is 7.07. The topological polar surface area (TPSA) is 136 Å². The lowest BCUT2D eigenvalue weighted by Crippen LogP contribution is -2.52. The molecule has 0 heterocycles. The van der Waals surface area contributed by atoms with Crippen molar-refractivity contribution >= 4 is 11.9 Å². The van der Waals surface area contributed by atoms with Gasteiger partial charge in [0.2, 0.25) is 0 Å². The number of nitrogens with one attached hydrogen (secondary N) is 1. The first-order chi connectivity index (χ1) is 18.3. The van der Waals surface area contributed by atoms with Gasteiger partial charge in [0.25, 0.3) is 5.91 Å². The van der Waals surface area contributed by atoms with Crippen molar-refractivity contribution < 1.29 is 34.8 Å². The molecule has 38 heavy (non-hydrogen) atoms. The molecule has 0 aromatic rings. The lowest BCUT2D eigenvalue weighted by Gasteiger charge is -2.25. The summed E-state index contributed by atoms with van der Waals surface area (Å²) >= 11 is 0. The molecule has 8 heteroatoms. The predicted octanol–water partition coefficient (Wildman–Crippen LogP) is 4.93. The van der Waals surface area contributed by atoms with Crippen LogP contribution >= 0.6 is 0 Å². The minimum atomic E-state index is -1.89. The van der Waals surface area contributed by atoms with Crippen LogP contribution in [0.25, 0.3) is 0 Å². The first-order valence-corrected chi connectivity index (χ1v) is 15.5.